The molecule has 0 aliphatic carbocycles. The Kier molecular flexibility index (Phi) is 4.66. The lowest BCUT2D eigenvalue weighted by molar-refractivity contribution is -0.142. The van der Waals surface area contributed by atoms with Gasteiger partial charge in [0.2, 0.25) is 5.95 Å². The monoisotopic (exact) mass is 258 g/mol. The number of carbonyl (C=O) groups is 1. The molecule has 0 spiro atoms. The number of hydrogen-bond acceptors (Lipinski definition) is 4. The molecule has 0 fully saturated rings. The number of halogens is 3. The van der Waals surface area contributed by atoms with Crippen LogP contribution in [0.2, 0.25) is 0 Å². The second-order valence-electron chi connectivity index (χ2n) is 3.25. The Morgan fingerprint density at radius 1 is 1.61 bits per heavy atom. The first-order chi connectivity index (χ1) is 8.49. The van der Waals surface area contributed by atoms with Gasteiger partial charge in [-0.05, 0) is 6.92 Å². The number of alkyl halides is 2. The van der Waals surface area contributed by atoms with E-state index in [1.54, 1.807) is 13.0 Å². The first kappa shape index (κ1) is 14.0. The Morgan fingerprint density at radius 3 is 2.78 bits per heavy atom. The number of nitrogens with zero attached hydrogens (tertiary/aromatic N) is 2. The molecule has 1 rings (SSSR count). The molecule has 0 aromatic carbocycles. The van der Waals surface area contributed by atoms with Gasteiger partial charge in [0, 0.05) is 11.6 Å². The molecule has 1 aromatic heterocycles. The second-order valence-corrected chi connectivity index (χ2v) is 3.25. The predicted molar refractivity (Wildman–Crippen MR) is 54.2 cm³/mol. The van der Waals surface area contributed by atoms with Gasteiger partial charge in [0.25, 0.3) is 6.43 Å². The van der Waals surface area contributed by atoms with Crippen LogP contribution < -0.4 is 0 Å². The summed E-state index contributed by atoms with van der Waals surface area (Å²) in [7, 11) is 0. The summed E-state index contributed by atoms with van der Waals surface area (Å²) < 4.78 is 42.9. The van der Waals surface area contributed by atoms with E-state index < -0.39 is 30.5 Å². The molecular weight excluding hydrogens is 249 g/mol. The molecule has 0 saturated heterocycles. The van der Waals surface area contributed by atoms with Crippen molar-refractivity contribution in [1.29, 1.82) is 5.26 Å². The molecule has 0 atom stereocenters. The Bertz CT molecular complexity index is 498. The van der Waals surface area contributed by atoms with Crippen LogP contribution in [0.1, 0.15) is 30.2 Å². The van der Waals surface area contributed by atoms with Crippen molar-refractivity contribution in [2.24, 2.45) is 0 Å². The highest BCUT2D eigenvalue weighted by Gasteiger charge is 2.22. The largest absolute Gasteiger partial charge is 0.466 e. The van der Waals surface area contributed by atoms with Crippen LogP contribution in [0.15, 0.2) is 6.07 Å². The number of nitriles is 1. The molecule has 7 heteroatoms. The SMILES string of the molecule is CCOC(=O)Cc1c(C#N)cc(F)nc1C(F)F. The fraction of sp³-hybridized carbons (Fsp3) is 0.364. The van der Waals surface area contributed by atoms with Crippen LogP contribution >= 0.6 is 0 Å². The van der Waals surface area contributed by atoms with Crippen LogP contribution in [0.25, 0.3) is 0 Å². The molecular formula is C11H9F3N2O2. The minimum absolute atomic E-state index is 0.0827. The normalized spacial score (nSPS) is 10.2. The highest BCUT2D eigenvalue weighted by Crippen LogP contribution is 2.24. The predicted octanol–water partition coefficient (Wildman–Crippen LogP) is 2.14. The molecule has 4 nitrogen and oxygen atoms in total. The average molecular weight is 258 g/mol. The van der Waals surface area contributed by atoms with E-state index in [2.05, 4.69) is 9.72 Å². The van der Waals surface area contributed by atoms with Gasteiger partial charge >= 0.3 is 5.97 Å². The minimum atomic E-state index is -3.07. The number of hydrogen-bond donors (Lipinski definition) is 0. The molecule has 0 aliphatic rings. The van der Waals surface area contributed by atoms with Crippen LogP contribution in [0.3, 0.4) is 0 Å². The number of carbonyl (C=O) groups excluding carboxylic acids is 1. The van der Waals surface area contributed by atoms with Crippen LogP contribution in [0.4, 0.5) is 13.2 Å². The van der Waals surface area contributed by atoms with Crippen LogP contribution in [0, 0.1) is 17.3 Å². The lowest BCUT2D eigenvalue weighted by Crippen LogP contribution is -2.13. The Morgan fingerprint density at radius 2 is 2.28 bits per heavy atom. The zero-order valence-electron chi connectivity index (χ0n) is 9.41. The van der Waals surface area contributed by atoms with E-state index in [0.717, 1.165) is 0 Å². The number of aromatic nitrogens is 1. The summed E-state index contributed by atoms with van der Waals surface area (Å²) in [6.07, 6.45) is -3.61. The van der Waals surface area contributed by atoms with Gasteiger partial charge in [-0.3, -0.25) is 4.79 Å². The average Bonchev–Trinajstić information content (AvgIpc) is 2.30. The maximum absolute atomic E-state index is 12.9. The molecule has 0 saturated carbocycles. The summed E-state index contributed by atoms with van der Waals surface area (Å²) in [6.45, 7) is 1.64. The number of pyridine rings is 1. The summed E-state index contributed by atoms with van der Waals surface area (Å²) in [4.78, 5) is 14.3. The topological polar surface area (TPSA) is 63.0 Å². The van der Waals surface area contributed by atoms with E-state index in [0.29, 0.717) is 6.07 Å². The van der Waals surface area contributed by atoms with Gasteiger partial charge in [-0.15, -0.1) is 0 Å². The van der Waals surface area contributed by atoms with Crippen molar-refractivity contribution in [2.75, 3.05) is 6.61 Å². The highest BCUT2D eigenvalue weighted by atomic mass is 19.3. The minimum Gasteiger partial charge on any atom is -0.466 e. The lowest BCUT2D eigenvalue weighted by Gasteiger charge is -2.09. The third-order valence-electron chi connectivity index (χ3n) is 2.08. The summed E-state index contributed by atoms with van der Waals surface area (Å²) in [5.41, 5.74) is -1.54. The van der Waals surface area contributed by atoms with Gasteiger partial charge in [-0.2, -0.15) is 9.65 Å². The van der Waals surface area contributed by atoms with Crippen molar-refractivity contribution in [1.82, 2.24) is 4.98 Å². The molecule has 0 unspecified atom stereocenters. The second kappa shape index (κ2) is 6.00. The van der Waals surface area contributed by atoms with E-state index in [9.17, 15) is 18.0 Å². The zero-order chi connectivity index (χ0) is 13.7. The third-order valence-corrected chi connectivity index (χ3v) is 2.08. The number of rotatable bonds is 4. The summed E-state index contributed by atoms with van der Waals surface area (Å²) in [6, 6.07) is 2.27. The molecule has 0 N–H and O–H groups in total. The molecule has 18 heavy (non-hydrogen) atoms. The van der Waals surface area contributed by atoms with Crippen molar-refractivity contribution in [3.05, 3.63) is 28.8 Å². The van der Waals surface area contributed by atoms with Crippen LogP contribution in [-0.4, -0.2) is 17.6 Å². The Balaban J connectivity index is 3.22. The molecule has 0 aliphatic heterocycles. The molecule has 0 bridgehead atoms. The Hall–Kier alpha value is -2.10. The van der Waals surface area contributed by atoms with E-state index >= 15 is 0 Å². The number of ether oxygens (including phenoxy) is 1. The zero-order valence-corrected chi connectivity index (χ0v) is 9.41. The molecule has 1 heterocycles. The molecule has 0 amide bonds. The van der Waals surface area contributed by atoms with Crippen molar-refractivity contribution in [3.63, 3.8) is 0 Å². The maximum atomic E-state index is 12.9. The smallest absolute Gasteiger partial charge is 0.310 e. The van der Waals surface area contributed by atoms with Crippen molar-refractivity contribution < 1.29 is 22.7 Å². The fourth-order valence-corrected chi connectivity index (χ4v) is 1.38. The van der Waals surface area contributed by atoms with E-state index in [4.69, 9.17) is 5.26 Å². The van der Waals surface area contributed by atoms with Crippen LogP contribution in [0.5, 0.6) is 0 Å². The fourth-order valence-electron chi connectivity index (χ4n) is 1.38. The van der Waals surface area contributed by atoms with Crippen molar-refractivity contribution >= 4 is 5.97 Å². The standard InChI is InChI=1S/C11H9F3N2O2/c1-2-18-9(17)4-7-6(5-15)3-8(12)16-10(7)11(13)14/h3,11H,2,4H2,1H3. The van der Waals surface area contributed by atoms with Gasteiger partial charge in [0.05, 0.1) is 24.7 Å². The van der Waals surface area contributed by atoms with E-state index in [1.165, 1.54) is 0 Å². The first-order valence-electron chi connectivity index (χ1n) is 5.02. The molecule has 0 radical (unpaired) electrons. The van der Waals surface area contributed by atoms with E-state index in [1.807, 2.05) is 0 Å². The summed E-state index contributed by atoms with van der Waals surface area (Å²) in [5, 5.41) is 8.75. The van der Waals surface area contributed by atoms with Crippen LogP contribution in [-0.2, 0) is 16.0 Å². The third kappa shape index (κ3) is 3.20. The number of esters is 1. The molecule has 1 aromatic rings. The summed E-state index contributed by atoms with van der Waals surface area (Å²) in [5.74, 6) is -1.96. The Labute approximate surface area is 101 Å². The van der Waals surface area contributed by atoms with Crippen molar-refractivity contribution in [3.8, 4) is 6.07 Å². The maximum Gasteiger partial charge on any atom is 0.310 e. The van der Waals surface area contributed by atoms with Gasteiger partial charge in [0.1, 0.15) is 5.69 Å². The van der Waals surface area contributed by atoms with Crippen molar-refractivity contribution in [2.45, 2.75) is 19.8 Å². The summed E-state index contributed by atoms with van der Waals surface area (Å²) >= 11 is 0. The quantitative estimate of drug-likeness (QED) is 0.613. The van der Waals surface area contributed by atoms with E-state index in [-0.39, 0.29) is 17.7 Å². The lowest BCUT2D eigenvalue weighted by atomic mass is 10.0. The van der Waals surface area contributed by atoms with Gasteiger partial charge in [-0.1, -0.05) is 0 Å². The highest BCUT2D eigenvalue weighted by molar-refractivity contribution is 5.74. The first-order valence-corrected chi connectivity index (χ1v) is 5.02. The molecule has 96 valence electrons. The van der Waals surface area contributed by atoms with Gasteiger partial charge < -0.3 is 4.74 Å². The van der Waals surface area contributed by atoms with Gasteiger partial charge in [-0.25, -0.2) is 13.8 Å². The van der Waals surface area contributed by atoms with Gasteiger partial charge in [0.15, 0.2) is 0 Å².